The number of amides is 1. The molecule has 41 heavy (non-hydrogen) atoms. The van der Waals surface area contributed by atoms with E-state index in [1.165, 1.54) is 0 Å². The Hall–Kier alpha value is -3.53. The van der Waals surface area contributed by atoms with Crippen molar-refractivity contribution >= 4 is 22.8 Å². The molecular formula is C31H40N6O4. The lowest BCUT2D eigenvalue weighted by Gasteiger charge is -2.31. The van der Waals surface area contributed by atoms with Crippen molar-refractivity contribution in [2.24, 2.45) is 5.92 Å². The second-order valence-electron chi connectivity index (χ2n) is 12.3. The van der Waals surface area contributed by atoms with Gasteiger partial charge in [0, 0.05) is 56.4 Å². The molecule has 2 aromatic heterocycles. The van der Waals surface area contributed by atoms with Crippen LogP contribution in [0.5, 0.6) is 5.75 Å². The van der Waals surface area contributed by atoms with E-state index in [1.807, 2.05) is 27.0 Å². The molecule has 4 heterocycles. The molecule has 0 bridgehead atoms. The summed E-state index contributed by atoms with van der Waals surface area (Å²) in [7, 11) is 0. The molecular weight excluding hydrogens is 520 g/mol. The number of fused-ring (bicyclic) bond motifs is 2. The summed E-state index contributed by atoms with van der Waals surface area (Å²) >= 11 is 0. The van der Waals surface area contributed by atoms with Gasteiger partial charge >= 0.3 is 6.09 Å². The lowest BCUT2D eigenvalue weighted by atomic mass is 9.85. The van der Waals surface area contributed by atoms with E-state index in [1.54, 1.807) is 17.3 Å². The zero-order valence-corrected chi connectivity index (χ0v) is 24.3. The van der Waals surface area contributed by atoms with E-state index in [0.717, 1.165) is 104 Å². The highest BCUT2D eigenvalue weighted by molar-refractivity contribution is 5.85. The van der Waals surface area contributed by atoms with Crippen molar-refractivity contribution < 1.29 is 19.0 Å². The van der Waals surface area contributed by atoms with E-state index in [2.05, 4.69) is 32.0 Å². The largest absolute Gasteiger partial charge is 0.488 e. The fraction of sp³-hybridized carbons (Fsp3) is 0.581. The summed E-state index contributed by atoms with van der Waals surface area (Å²) in [6.07, 6.45) is 10.9. The van der Waals surface area contributed by atoms with Gasteiger partial charge in [-0.15, -0.1) is 0 Å². The molecule has 10 nitrogen and oxygen atoms in total. The van der Waals surface area contributed by atoms with Crippen LogP contribution >= 0.6 is 0 Å². The van der Waals surface area contributed by atoms with Gasteiger partial charge in [0.1, 0.15) is 22.7 Å². The third-order valence-corrected chi connectivity index (χ3v) is 8.11. The highest BCUT2D eigenvalue weighted by atomic mass is 16.6. The number of hydrogen-bond acceptors (Lipinski definition) is 9. The Bertz CT molecular complexity index is 1380. The maximum atomic E-state index is 12.6. The molecule has 0 radical (unpaired) electrons. The van der Waals surface area contributed by atoms with E-state index < -0.39 is 5.60 Å². The van der Waals surface area contributed by atoms with Gasteiger partial charge in [-0.25, -0.2) is 19.7 Å². The quantitative estimate of drug-likeness (QED) is 0.438. The Morgan fingerprint density at radius 3 is 2.59 bits per heavy atom. The summed E-state index contributed by atoms with van der Waals surface area (Å²) in [5.74, 6) is 2.18. The summed E-state index contributed by atoms with van der Waals surface area (Å²) in [6.45, 7) is 9.96. The predicted molar refractivity (Wildman–Crippen MR) is 155 cm³/mol. The number of nitrogens with zero attached hydrogens (tertiary/aromatic N) is 6. The maximum absolute atomic E-state index is 12.6. The Morgan fingerprint density at radius 1 is 1.02 bits per heavy atom. The zero-order chi connectivity index (χ0) is 28.4. The topological polar surface area (TPSA) is 103 Å². The van der Waals surface area contributed by atoms with Crippen LogP contribution in [-0.4, -0.2) is 75.5 Å². The van der Waals surface area contributed by atoms with E-state index in [0.29, 0.717) is 19.0 Å². The minimum Gasteiger partial charge on any atom is -0.488 e. The normalized spacial score (nSPS) is 21.4. The second-order valence-corrected chi connectivity index (χ2v) is 12.3. The summed E-state index contributed by atoms with van der Waals surface area (Å²) in [5.41, 5.74) is 4.34. The van der Waals surface area contributed by atoms with Crippen LogP contribution in [0.2, 0.25) is 0 Å². The van der Waals surface area contributed by atoms with E-state index in [-0.39, 0.29) is 12.2 Å². The van der Waals surface area contributed by atoms with Crippen molar-refractivity contribution in [1.29, 1.82) is 0 Å². The number of carbonyl (C=O) groups excluding carboxylic acids is 1. The van der Waals surface area contributed by atoms with Gasteiger partial charge in [-0.05, 0) is 70.4 Å². The van der Waals surface area contributed by atoms with Crippen molar-refractivity contribution in [2.45, 2.75) is 77.5 Å². The fourth-order valence-electron chi connectivity index (χ4n) is 5.94. The lowest BCUT2D eigenvalue weighted by molar-refractivity contribution is 0.0220. The third-order valence-electron chi connectivity index (χ3n) is 8.11. The molecule has 0 unspecified atom stereocenters. The molecule has 1 saturated carbocycles. The van der Waals surface area contributed by atoms with Gasteiger partial charge < -0.3 is 24.0 Å². The van der Waals surface area contributed by atoms with E-state index in [4.69, 9.17) is 19.2 Å². The fourth-order valence-corrected chi connectivity index (χ4v) is 5.94. The van der Waals surface area contributed by atoms with Gasteiger partial charge in [-0.1, -0.05) is 0 Å². The number of benzene rings is 1. The number of ether oxygens (including phenoxy) is 3. The number of hydrogen-bond donors (Lipinski definition) is 0. The molecule has 3 aliphatic rings. The van der Waals surface area contributed by atoms with Gasteiger partial charge in [0.05, 0.1) is 37.1 Å². The average Bonchev–Trinajstić information content (AvgIpc) is 2.97. The monoisotopic (exact) mass is 560 g/mol. The number of aromatic nitrogens is 4. The van der Waals surface area contributed by atoms with Crippen LogP contribution in [0.4, 0.5) is 10.5 Å². The van der Waals surface area contributed by atoms with Gasteiger partial charge in [-0.3, -0.25) is 4.98 Å². The Kier molecular flexibility index (Phi) is 7.92. The summed E-state index contributed by atoms with van der Waals surface area (Å²) in [4.78, 5) is 35.4. The van der Waals surface area contributed by atoms with Crippen LogP contribution in [0, 0.1) is 5.92 Å². The smallest absolute Gasteiger partial charge is 0.410 e. The second kappa shape index (κ2) is 11.8. The maximum Gasteiger partial charge on any atom is 0.410 e. The number of carbonyl (C=O) groups is 1. The van der Waals surface area contributed by atoms with Crippen molar-refractivity contribution in [3.8, 4) is 5.75 Å². The molecule has 2 aliphatic heterocycles. The molecule has 218 valence electrons. The first kappa shape index (κ1) is 27.6. The molecule has 1 aliphatic carbocycles. The SMILES string of the molecule is CC(C)(C)OC(=O)N1CCc2cnc(CC3CCC(Oc4cc(N5CCOCC5)cc5nccnc45)CC3)nc2C1. The summed E-state index contributed by atoms with van der Waals surface area (Å²) in [5, 5.41) is 0. The van der Waals surface area contributed by atoms with Crippen LogP contribution in [0.1, 0.15) is 63.5 Å². The minimum absolute atomic E-state index is 0.142. The van der Waals surface area contributed by atoms with Crippen LogP contribution in [0.3, 0.4) is 0 Å². The van der Waals surface area contributed by atoms with Crippen LogP contribution in [0.25, 0.3) is 11.0 Å². The molecule has 1 aromatic carbocycles. The molecule has 0 atom stereocenters. The van der Waals surface area contributed by atoms with Gasteiger partial charge in [0.15, 0.2) is 0 Å². The highest BCUT2D eigenvalue weighted by Gasteiger charge is 2.28. The van der Waals surface area contributed by atoms with Crippen molar-refractivity contribution in [2.75, 3.05) is 37.7 Å². The van der Waals surface area contributed by atoms with Crippen molar-refractivity contribution in [3.05, 3.63) is 47.8 Å². The van der Waals surface area contributed by atoms with Gasteiger partial charge in [0.2, 0.25) is 0 Å². The molecule has 1 amide bonds. The van der Waals surface area contributed by atoms with Crippen LogP contribution < -0.4 is 9.64 Å². The number of rotatable bonds is 5. The molecule has 3 aromatic rings. The first-order chi connectivity index (χ1) is 19.8. The lowest BCUT2D eigenvalue weighted by Crippen LogP contribution is -2.40. The first-order valence-electron chi connectivity index (χ1n) is 14.9. The Morgan fingerprint density at radius 2 is 1.80 bits per heavy atom. The zero-order valence-electron chi connectivity index (χ0n) is 24.3. The van der Waals surface area contributed by atoms with Crippen molar-refractivity contribution in [1.82, 2.24) is 24.8 Å². The van der Waals surface area contributed by atoms with Crippen LogP contribution in [-0.2, 0) is 28.9 Å². The number of morpholine rings is 1. The average molecular weight is 561 g/mol. The molecule has 6 rings (SSSR count). The van der Waals surface area contributed by atoms with Crippen molar-refractivity contribution in [3.63, 3.8) is 0 Å². The Labute approximate surface area is 241 Å². The highest BCUT2D eigenvalue weighted by Crippen LogP contribution is 2.34. The number of anilines is 1. The molecule has 0 spiro atoms. The molecule has 10 heteroatoms. The van der Waals surface area contributed by atoms with Gasteiger partial charge in [0.25, 0.3) is 0 Å². The van der Waals surface area contributed by atoms with Crippen LogP contribution in [0.15, 0.2) is 30.7 Å². The summed E-state index contributed by atoms with van der Waals surface area (Å²) in [6, 6.07) is 4.22. The predicted octanol–water partition coefficient (Wildman–Crippen LogP) is 4.73. The summed E-state index contributed by atoms with van der Waals surface area (Å²) < 4.78 is 17.7. The molecule has 1 saturated heterocycles. The minimum atomic E-state index is -0.511. The third kappa shape index (κ3) is 6.69. The van der Waals surface area contributed by atoms with E-state index in [9.17, 15) is 4.79 Å². The van der Waals surface area contributed by atoms with Gasteiger partial charge in [-0.2, -0.15) is 0 Å². The first-order valence-corrected chi connectivity index (χ1v) is 14.9. The standard InChI is InChI=1S/C31H40N6O4/c1-31(2,3)41-30(38)37-11-8-22-19-34-28(35-26(22)20-37)16-21-4-6-24(7-5-21)40-27-18-23(36-12-14-39-15-13-36)17-25-29(27)33-10-9-32-25/h9-10,17-19,21,24H,4-8,11-16,20H2,1-3H3. The van der Waals surface area contributed by atoms with E-state index >= 15 is 0 Å². The Balaban J connectivity index is 1.07. The molecule has 0 N–H and O–H groups in total. The molecule has 2 fully saturated rings.